The van der Waals surface area contributed by atoms with Gasteiger partial charge in [-0.05, 0) is 29.1 Å². The quantitative estimate of drug-likeness (QED) is 0.549. The van der Waals surface area contributed by atoms with Gasteiger partial charge in [-0.15, -0.1) is 0 Å². The molecule has 0 radical (unpaired) electrons. The summed E-state index contributed by atoms with van der Waals surface area (Å²) in [4.78, 5) is 23.2. The number of hydrogen-bond donors (Lipinski definition) is 2. The molecule has 0 aliphatic carbocycles. The molecule has 0 aromatic heterocycles. The molecule has 2 N–H and O–H groups in total. The van der Waals surface area contributed by atoms with E-state index in [1.165, 1.54) is 0 Å². The van der Waals surface area contributed by atoms with Gasteiger partial charge in [0.15, 0.2) is 0 Å². The Balaban J connectivity index is 5.79. The zero-order valence-electron chi connectivity index (χ0n) is 18.4. The van der Waals surface area contributed by atoms with E-state index in [0.717, 1.165) is 19.3 Å². The number of aliphatic carboxylic acids is 2. The van der Waals surface area contributed by atoms with E-state index in [-0.39, 0.29) is 34.9 Å². The number of hydrogen-bond acceptors (Lipinski definition) is 2. The van der Waals surface area contributed by atoms with E-state index in [9.17, 15) is 19.8 Å². The zero-order valence-corrected chi connectivity index (χ0v) is 18.4. The van der Waals surface area contributed by atoms with Crippen LogP contribution >= 0.6 is 0 Å². The Morgan fingerprint density at radius 3 is 1.88 bits per heavy atom. The van der Waals surface area contributed by atoms with Gasteiger partial charge in [0, 0.05) is 0 Å². The highest BCUT2D eigenvalue weighted by molar-refractivity contribution is 6.22. The largest absolute Gasteiger partial charge is 0.481 e. The van der Waals surface area contributed by atoms with Crippen molar-refractivity contribution in [2.24, 2.45) is 28.6 Å². The Morgan fingerprint density at radius 2 is 1.54 bits per heavy atom. The fraction of sp³-hybridized carbons (Fsp3) is 0.900. The molecule has 0 aromatic rings. The zero-order chi connectivity index (χ0) is 20.9. The van der Waals surface area contributed by atoms with E-state index in [0.29, 0.717) is 5.82 Å². The molecule has 0 aliphatic heterocycles. The number of carbonyl (C=O) groups is 2. The van der Waals surface area contributed by atoms with Gasteiger partial charge in [0.25, 0.3) is 0 Å². The average molecular weight is 366 g/mol. The van der Waals surface area contributed by atoms with Gasteiger partial charge in [-0.3, -0.25) is 9.59 Å². The van der Waals surface area contributed by atoms with Gasteiger partial charge in [0.2, 0.25) is 0 Å². The number of carboxylic acid groups (broad SMARTS) is 2. The van der Waals surface area contributed by atoms with Crippen LogP contribution in [0, 0.1) is 28.6 Å². The standard InChI is InChI=1S/C20H40B2O4/c1-8-9-12(2)15(13(18(25)26)10-14(23)24)16(21)17(22)20(6,7)11-19(3,4)5/h12-13,15-17H,8-11,21-22H2,1-7H3,(H,23,24)(H,25,26). The predicted molar refractivity (Wildman–Crippen MR) is 113 cm³/mol. The van der Waals surface area contributed by atoms with Crippen molar-refractivity contribution in [1.82, 2.24) is 0 Å². The lowest BCUT2D eigenvalue weighted by Gasteiger charge is -2.45. The van der Waals surface area contributed by atoms with Crippen molar-refractivity contribution in [3.05, 3.63) is 0 Å². The van der Waals surface area contributed by atoms with Crippen molar-refractivity contribution >= 4 is 27.6 Å². The van der Waals surface area contributed by atoms with Crippen LogP contribution in [0.25, 0.3) is 0 Å². The summed E-state index contributed by atoms with van der Waals surface area (Å²) in [7, 11) is 4.34. The monoisotopic (exact) mass is 366 g/mol. The van der Waals surface area contributed by atoms with E-state index in [1.807, 2.05) is 0 Å². The number of rotatable bonds is 11. The van der Waals surface area contributed by atoms with E-state index >= 15 is 0 Å². The summed E-state index contributed by atoms with van der Waals surface area (Å²) in [6.45, 7) is 15.4. The van der Waals surface area contributed by atoms with Gasteiger partial charge < -0.3 is 10.2 Å². The van der Waals surface area contributed by atoms with Crippen LogP contribution in [0.2, 0.25) is 11.6 Å². The summed E-state index contributed by atoms with van der Waals surface area (Å²) in [6.07, 6.45) is 2.64. The molecular formula is C20H40B2O4. The minimum Gasteiger partial charge on any atom is -0.481 e. The second kappa shape index (κ2) is 9.85. The third-order valence-corrected chi connectivity index (χ3v) is 6.19. The smallest absolute Gasteiger partial charge is 0.307 e. The maximum absolute atomic E-state index is 11.9. The molecule has 0 spiro atoms. The van der Waals surface area contributed by atoms with Crippen molar-refractivity contribution < 1.29 is 19.8 Å². The summed E-state index contributed by atoms with van der Waals surface area (Å²) < 4.78 is 0. The molecule has 0 aliphatic rings. The minimum atomic E-state index is -1.03. The Labute approximate surface area is 162 Å². The highest BCUT2D eigenvalue weighted by Crippen LogP contribution is 2.51. The lowest BCUT2D eigenvalue weighted by atomic mass is 9.47. The molecule has 150 valence electrons. The van der Waals surface area contributed by atoms with Gasteiger partial charge in [0.05, 0.1) is 12.3 Å². The first-order chi connectivity index (χ1) is 11.6. The first-order valence-corrected chi connectivity index (χ1v) is 10.1. The number of carboxylic acids is 2. The highest BCUT2D eigenvalue weighted by Gasteiger charge is 2.42. The molecule has 0 aromatic carbocycles. The molecule has 0 bridgehead atoms. The molecule has 4 nitrogen and oxygen atoms in total. The lowest BCUT2D eigenvalue weighted by Crippen LogP contribution is -2.38. The predicted octanol–water partition coefficient (Wildman–Crippen LogP) is 3.52. The first-order valence-electron chi connectivity index (χ1n) is 10.1. The van der Waals surface area contributed by atoms with E-state index in [4.69, 9.17) is 0 Å². The van der Waals surface area contributed by atoms with Crippen molar-refractivity contribution in [2.75, 3.05) is 0 Å². The van der Waals surface area contributed by atoms with E-state index < -0.39 is 17.9 Å². The second-order valence-electron chi connectivity index (χ2n) is 10.3. The van der Waals surface area contributed by atoms with Crippen LogP contribution in [0.15, 0.2) is 0 Å². The van der Waals surface area contributed by atoms with Crippen LogP contribution in [-0.4, -0.2) is 37.8 Å². The summed E-state index contributed by atoms with van der Waals surface area (Å²) >= 11 is 0. The third-order valence-electron chi connectivity index (χ3n) is 6.19. The Morgan fingerprint density at radius 1 is 1.04 bits per heavy atom. The van der Waals surface area contributed by atoms with Crippen LogP contribution in [0.3, 0.4) is 0 Å². The topological polar surface area (TPSA) is 74.6 Å². The molecule has 0 saturated carbocycles. The molecule has 0 fully saturated rings. The van der Waals surface area contributed by atoms with Crippen LogP contribution in [-0.2, 0) is 9.59 Å². The fourth-order valence-corrected chi connectivity index (χ4v) is 5.08. The molecule has 0 amide bonds. The lowest BCUT2D eigenvalue weighted by molar-refractivity contribution is -0.151. The van der Waals surface area contributed by atoms with Crippen LogP contribution in [0.5, 0.6) is 0 Å². The Hall–Kier alpha value is -0.930. The molecule has 5 atom stereocenters. The summed E-state index contributed by atoms with van der Waals surface area (Å²) in [5.41, 5.74) is 0.239. The molecule has 0 heterocycles. The maximum atomic E-state index is 11.9. The second-order valence-corrected chi connectivity index (χ2v) is 10.3. The van der Waals surface area contributed by atoms with Gasteiger partial charge in [0.1, 0.15) is 15.7 Å². The summed E-state index contributed by atoms with van der Waals surface area (Å²) in [5, 5.41) is 19.0. The molecule has 6 heteroatoms. The maximum Gasteiger partial charge on any atom is 0.307 e. The molecule has 26 heavy (non-hydrogen) atoms. The van der Waals surface area contributed by atoms with Crippen molar-refractivity contribution in [1.29, 1.82) is 0 Å². The highest BCUT2D eigenvalue weighted by atomic mass is 16.4. The van der Waals surface area contributed by atoms with Crippen LogP contribution in [0.1, 0.15) is 74.1 Å². The minimum absolute atomic E-state index is 0.0497. The van der Waals surface area contributed by atoms with Gasteiger partial charge in [-0.2, -0.15) is 0 Å². The van der Waals surface area contributed by atoms with Gasteiger partial charge in [-0.25, -0.2) is 0 Å². The molecular weight excluding hydrogens is 326 g/mol. The third kappa shape index (κ3) is 7.75. The van der Waals surface area contributed by atoms with Crippen molar-refractivity contribution in [3.63, 3.8) is 0 Å². The summed E-state index contributed by atoms with van der Waals surface area (Å²) in [5.74, 6) is -2.37. The summed E-state index contributed by atoms with van der Waals surface area (Å²) in [6, 6.07) is 0. The Kier molecular flexibility index (Phi) is 9.49. The van der Waals surface area contributed by atoms with Gasteiger partial charge >= 0.3 is 11.9 Å². The van der Waals surface area contributed by atoms with Gasteiger partial charge in [-0.1, -0.05) is 72.9 Å². The average Bonchev–Trinajstić information content (AvgIpc) is 2.42. The SMILES string of the molecule is BC(C(C(C)CCC)C(CC(=O)O)C(=O)O)C(B)C(C)(C)CC(C)(C)C. The molecule has 5 unspecified atom stereocenters. The van der Waals surface area contributed by atoms with Crippen LogP contribution < -0.4 is 0 Å². The first kappa shape index (κ1) is 25.1. The molecule has 0 rings (SSSR count). The van der Waals surface area contributed by atoms with E-state index in [2.05, 4.69) is 64.2 Å². The Bertz CT molecular complexity index is 471. The molecule has 0 saturated heterocycles. The normalized spacial score (nSPS) is 18.6. The fourth-order valence-electron chi connectivity index (χ4n) is 5.08. The van der Waals surface area contributed by atoms with Crippen molar-refractivity contribution in [3.8, 4) is 0 Å². The van der Waals surface area contributed by atoms with Crippen LogP contribution in [0.4, 0.5) is 0 Å². The van der Waals surface area contributed by atoms with Crippen molar-refractivity contribution in [2.45, 2.75) is 85.8 Å². The van der Waals surface area contributed by atoms with E-state index in [1.54, 1.807) is 0 Å².